The smallest absolute Gasteiger partial charge is 0.0953 e. The number of thiophene rings is 2. The topological polar surface area (TPSA) is 12.0 Å². The number of hydrogen-bond acceptors (Lipinski definition) is 3. The SMILES string of the molecule is Cc1ccc(NC(c2cccs2)c2cccs2)cc1C. The third kappa shape index (κ3) is 2.79. The summed E-state index contributed by atoms with van der Waals surface area (Å²) in [5, 5.41) is 7.95. The summed E-state index contributed by atoms with van der Waals surface area (Å²) in [4.78, 5) is 2.70. The highest BCUT2D eigenvalue weighted by molar-refractivity contribution is 7.11. The predicted octanol–water partition coefficient (Wildman–Crippen LogP) is 5.63. The van der Waals surface area contributed by atoms with E-state index in [1.807, 2.05) is 0 Å². The van der Waals surface area contributed by atoms with E-state index in [1.165, 1.54) is 26.6 Å². The number of anilines is 1. The van der Waals surface area contributed by atoms with E-state index >= 15 is 0 Å². The van der Waals surface area contributed by atoms with E-state index in [9.17, 15) is 0 Å². The van der Waals surface area contributed by atoms with Crippen LogP contribution in [0.2, 0.25) is 0 Å². The van der Waals surface area contributed by atoms with Crippen molar-refractivity contribution in [2.24, 2.45) is 0 Å². The third-order valence-electron chi connectivity index (χ3n) is 3.47. The zero-order valence-electron chi connectivity index (χ0n) is 11.6. The molecule has 20 heavy (non-hydrogen) atoms. The Hall–Kier alpha value is -1.58. The molecule has 0 spiro atoms. The summed E-state index contributed by atoms with van der Waals surface area (Å²) in [5.41, 5.74) is 3.84. The minimum Gasteiger partial charge on any atom is -0.373 e. The molecule has 1 N–H and O–H groups in total. The zero-order valence-corrected chi connectivity index (χ0v) is 13.2. The lowest BCUT2D eigenvalue weighted by atomic mass is 10.1. The van der Waals surface area contributed by atoms with Gasteiger partial charge in [-0.25, -0.2) is 0 Å². The van der Waals surface area contributed by atoms with Crippen molar-refractivity contribution in [2.75, 3.05) is 5.32 Å². The minimum atomic E-state index is 0.247. The van der Waals surface area contributed by atoms with Crippen molar-refractivity contribution in [3.05, 3.63) is 74.1 Å². The van der Waals surface area contributed by atoms with Crippen molar-refractivity contribution in [3.8, 4) is 0 Å². The Kier molecular flexibility index (Phi) is 3.90. The Morgan fingerprint density at radius 2 is 1.50 bits per heavy atom. The van der Waals surface area contributed by atoms with Crippen LogP contribution < -0.4 is 5.32 Å². The first-order chi connectivity index (χ1) is 9.74. The van der Waals surface area contributed by atoms with Crippen molar-refractivity contribution in [3.63, 3.8) is 0 Å². The fraction of sp³-hybridized carbons (Fsp3) is 0.176. The minimum absolute atomic E-state index is 0.247. The molecule has 0 saturated heterocycles. The van der Waals surface area contributed by atoms with Crippen LogP contribution in [-0.4, -0.2) is 0 Å². The Labute approximate surface area is 127 Å². The number of benzene rings is 1. The predicted molar refractivity (Wildman–Crippen MR) is 90.0 cm³/mol. The molecule has 0 radical (unpaired) electrons. The molecular weight excluding hydrogens is 282 g/mol. The first-order valence-electron chi connectivity index (χ1n) is 6.64. The molecule has 0 unspecified atom stereocenters. The lowest BCUT2D eigenvalue weighted by Gasteiger charge is -2.18. The molecule has 0 bridgehead atoms. The van der Waals surface area contributed by atoms with E-state index in [2.05, 4.69) is 72.4 Å². The molecule has 3 heteroatoms. The summed E-state index contributed by atoms with van der Waals surface area (Å²) in [6, 6.07) is 15.4. The Morgan fingerprint density at radius 3 is 2.00 bits per heavy atom. The van der Waals surface area contributed by atoms with Gasteiger partial charge in [0.1, 0.15) is 0 Å². The average Bonchev–Trinajstić information content (AvgIpc) is 3.12. The fourth-order valence-electron chi connectivity index (χ4n) is 2.19. The highest BCUT2D eigenvalue weighted by atomic mass is 32.1. The second-order valence-corrected chi connectivity index (χ2v) is 6.87. The Balaban J connectivity index is 1.92. The molecule has 0 fully saturated rings. The Bertz CT molecular complexity index is 635. The molecule has 0 saturated carbocycles. The van der Waals surface area contributed by atoms with Crippen LogP contribution in [0.3, 0.4) is 0 Å². The normalized spacial score (nSPS) is 10.9. The fourth-order valence-corrected chi connectivity index (χ4v) is 3.85. The number of hydrogen-bond donors (Lipinski definition) is 1. The molecule has 102 valence electrons. The number of rotatable bonds is 4. The van der Waals surface area contributed by atoms with Crippen LogP contribution in [0.5, 0.6) is 0 Å². The van der Waals surface area contributed by atoms with Gasteiger partial charge in [0.2, 0.25) is 0 Å². The van der Waals surface area contributed by atoms with E-state index in [0.717, 1.165) is 0 Å². The van der Waals surface area contributed by atoms with Gasteiger partial charge in [0, 0.05) is 15.4 Å². The van der Waals surface area contributed by atoms with Gasteiger partial charge in [0.05, 0.1) is 6.04 Å². The third-order valence-corrected chi connectivity index (χ3v) is 5.35. The molecule has 2 heterocycles. The zero-order chi connectivity index (χ0) is 13.9. The van der Waals surface area contributed by atoms with Crippen molar-refractivity contribution in [1.29, 1.82) is 0 Å². The monoisotopic (exact) mass is 299 g/mol. The highest BCUT2D eigenvalue weighted by Crippen LogP contribution is 2.32. The standard InChI is InChI=1S/C17H17NS2/c1-12-7-8-14(11-13(12)2)18-17(15-5-3-9-19-15)16-6-4-10-20-16/h3-11,17-18H,1-2H3. The van der Waals surface area contributed by atoms with E-state index < -0.39 is 0 Å². The van der Waals surface area contributed by atoms with Crippen LogP contribution in [0.1, 0.15) is 26.9 Å². The lowest BCUT2D eigenvalue weighted by Crippen LogP contribution is -2.09. The van der Waals surface area contributed by atoms with Gasteiger partial charge in [-0.3, -0.25) is 0 Å². The molecule has 1 nitrogen and oxygen atoms in total. The lowest BCUT2D eigenvalue weighted by molar-refractivity contribution is 0.991. The van der Waals surface area contributed by atoms with Gasteiger partial charge in [0.25, 0.3) is 0 Å². The summed E-state index contributed by atoms with van der Waals surface area (Å²) in [6.45, 7) is 4.31. The summed E-state index contributed by atoms with van der Waals surface area (Å²) >= 11 is 3.60. The first kappa shape index (κ1) is 13.4. The molecule has 0 amide bonds. The molecule has 0 aliphatic rings. The quantitative estimate of drug-likeness (QED) is 0.658. The van der Waals surface area contributed by atoms with Crippen molar-refractivity contribution in [2.45, 2.75) is 19.9 Å². The molecule has 2 aromatic heterocycles. The van der Waals surface area contributed by atoms with E-state index in [4.69, 9.17) is 0 Å². The Morgan fingerprint density at radius 1 is 0.850 bits per heavy atom. The van der Waals surface area contributed by atoms with E-state index in [-0.39, 0.29) is 6.04 Å². The molecular formula is C17H17NS2. The van der Waals surface area contributed by atoms with Gasteiger partial charge < -0.3 is 5.32 Å². The maximum absolute atomic E-state index is 3.67. The van der Waals surface area contributed by atoms with Gasteiger partial charge in [-0.15, -0.1) is 22.7 Å². The summed E-state index contributed by atoms with van der Waals surface area (Å²) in [6.07, 6.45) is 0. The maximum atomic E-state index is 3.67. The van der Waals surface area contributed by atoms with Crippen LogP contribution in [-0.2, 0) is 0 Å². The van der Waals surface area contributed by atoms with Gasteiger partial charge in [-0.05, 0) is 60.0 Å². The van der Waals surface area contributed by atoms with Crippen LogP contribution in [0, 0.1) is 13.8 Å². The van der Waals surface area contributed by atoms with Crippen molar-refractivity contribution < 1.29 is 0 Å². The molecule has 0 aliphatic heterocycles. The molecule has 0 atom stereocenters. The van der Waals surface area contributed by atoms with Crippen LogP contribution in [0.25, 0.3) is 0 Å². The van der Waals surface area contributed by atoms with Crippen LogP contribution in [0.4, 0.5) is 5.69 Å². The summed E-state index contributed by atoms with van der Waals surface area (Å²) in [5.74, 6) is 0. The van der Waals surface area contributed by atoms with Crippen molar-refractivity contribution >= 4 is 28.4 Å². The molecule has 0 aliphatic carbocycles. The first-order valence-corrected chi connectivity index (χ1v) is 8.40. The molecule has 1 aromatic carbocycles. The maximum Gasteiger partial charge on any atom is 0.0953 e. The second kappa shape index (κ2) is 5.81. The van der Waals surface area contributed by atoms with Gasteiger partial charge in [-0.1, -0.05) is 18.2 Å². The van der Waals surface area contributed by atoms with E-state index in [0.29, 0.717) is 0 Å². The van der Waals surface area contributed by atoms with Crippen LogP contribution in [0.15, 0.2) is 53.2 Å². The van der Waals surface area contributed by atoms with Crippen molar-refractivity contribution in [1.82, 2.24) is 0 Å². The largest absolute Gasteiger partial charge is 0.373 e. The van der Waals surface area contributed by atoms with Gasteiger partial charge >= 0.3 is 0 Å². The van der Waals surface area contributed by atoms with Crippen LogP contribution >= 0.6 is 22.7 Å². The number of nitrogens with one attached hydrogen (secondary N) is 1. The summed E-state index contributed by atoms with van der Waals surface area (Å²) in [7, 11) is 0. The summed E-state index contributed by atoms with van der Waals surface area (Å²) < 4.78 is 0. The molecule has 3 aromatic rings. The number of aryl methyl sites for hydroxylation is 2. The van der Waals surface area contributed by atoms with Gasteiger partial charge in [-0.2, -0.15) is 0 Å². The van der Waals surface area contributed by atoms with E-state index in [1.54, 1.807) is 22.7 Å². The average molecular weight is 299 g/mol. The second-order valence-electron chi connectivity index (χ2n) is 4.91. The highest BCUT2D eigenvalue weighted by Gasteiger charge is 2.16. The van der Waals surface area contributed by atoms with Gasteiger partial charge in [0.15, 0.2) is 0 Å². The molecule has 3 rings (SSSR count).